The number of nitrogens with zero attached hydrogens (tertiary/aromatic N) is 1. The fourth-order valence-corrected chi connectivity index (χ4v) is 1.27. The molecule has 1 heterocycles. The standard InChI is InChI=1S/C9H16N2O/c10-8-9(12)4-3-7-11-5-1-2-6-11/h9,12H,1-2,5-8,10H2. The summed E-state index contributed by atoms with van der Waals surface area (Å²) in [4.78, 5) is 2.29. The van der Waals surface area contributed by atoms with Crippen molar-refractivity contribution in [2.45, 2.75) is 18.9 Å². The fourth-order valence-electron chi connectivity index (χ4n) is 1.27. The van der Waals surface area contributed by atoms with E-state index >= 15 is 0 Å². The molecule has 0 spiro atoms. The fraction of sp³-hybridized carbons (Fsp3) is 0.778. The van der Waals surface area contributed by atoms with Crippen LogP contribution in [0.4, 0.5) is 0 Å². The Morgan fingerprint density at radius 1 is 1.42 bits per heavy atom. The van der Waals surface area contributed by atoms with Gasteiger partial charge in [0.1, 0.15) is 6.10 Å². The van der Waals surface area contributed by atoms with Gasteiger partial charge in [0.2, 0.25) is 0 Å². The molecule has 1 rings (SSSR count). The maximum Gasteiger partial charge on any atom is 0.126 e. The summed E-state index contributed by atoms with van der Waals surface area (Å²) in [5.74, 6) is 5.62. The molecule has 3 heteroatoms. The van der Waals surface area contributed by atoms with Gasteiger partial charge in [-0.15, -0.1) is 0 Å². The van der Waals surface area contributed by atoms with Crippen LogP contribution < -0.4 is 5.73 Å². The SMILES string of the molecule is NCC(O)C#CCN1CCCC1. The summed E-state index contributed by atoms with van der Waals surface area (Å²) >= 11 is 0. The molecule has 1 aliphatic rings. The third-order valence-corrected chi connectivity index (χ3v) is 1.99. The lowest BCUT2D eigenvalue weighted by molar-refractivity contribution is 0.240. The molecule has 1 fully saturated rings. The van der Waals surface area contributed by atoms with Crippen LogP contribution >= 0.6 is 0 Å². The van der Waals surface area contributed by atoms with Gasteiger partial charge >= 0.3 is 0 Å². The summed E-state index contributed by atoms with van der Waals surface area (Å²) < 4.78 is 0. The van der Waals surface area contributed by atoms with Crippen LogP contribution in [0.3, 0.4) is 0 Å². The quantitative estimate of drug-likeness (QED) is 0.542. The Morgan fingerprint density at radius 3 is 2.67 bits per heavy atom. The van der Waals surface area contributed by atoms with E-state index in [-0.39, 0.29) is 6.54 Å². The average Bonchev–Trinajstić information content (AvgIpc) is 2.57. The Hall–Kier alpha value is -0.560. The number of nitrogens with two attached hydrogens (primary N) is 1. The van der Waals surface area contributed by atoms with Crippen LogP contribution in [0.1, 0.15) is 12.8 Å². The van der Waals surface area contributed by atoms with E-state index in [1.54, 1.807) is 0 Å². The summed E-state index contributed by atoms with van der Waals surface area (Å²) in [6.45, 7) is 3.30. The van der Waals surface area contributed by atoms with Crippen molar-refractivity contribution in [2.75, 3.05) is 26.2 Å². The molecule has 12 heavy (non-hydrogen) atoms. The largest absolute Gasteiger partial charge is 0.379 e. The first-order valence-corrected chi connectivity index (χ1v) is 4.42. The molecule has 3 nitrogen and oxygen atoms in total. The van der Waals surface area contributed by atoms with Crippen molar-refractivity contribution in [1.82, 2.24) is 4.90 Å². The van der Waals surface area contributed by atoms with E-state index in [9.17, 15) is 0 Å². The third-order valence-electron chi connectivity index (χ3n) is 1.99. The lowest BCUT2D eigenvalue weighted by atomic mass is 10.3. The molecule has 1 saturated heterocycles. The number of aliphatic hydroxyl groups excluding tert-OH is 1. The van der Waals surface area contributed by atoms with Gasteiger partial charge in [0, 0.05) is 6.54 Å². The number of aliphatic hydroxyl groups is 1. The molecule has 0 bridgehead atoms. The highest BCUT2D eigenvalue weighted by Crippen LogP contribution is 2.05. The lowest BCUT2D eigenvalue weighted by Gasteiger charge is -2.08. The number of hydrogen-bond acceptors (Lipinski definition) is 3. The van der Waals surface area contributed by atoms with E-state index < -0.39 is 6.10 Å². The van der Waals surface area contributed by atoms with E-state index in [4.69, 9.17) is 10.8 Å². The molecule has 0 amide bonds. The molecule has 0 saturated carbocycles. The van der Waals surface area contributed by atoms with Crippen molar-refractivity contribution in [2.24, 2.45) is 5.73 Å². The number of hydrogen-bond donors (Lipinski definition) is 2. The van der Waals surface area contributed by atoms with Gasteiger partial charge in [-0.25, -0.2) is 0 Å². The van der Waals surface area contributed by atoms with Crippen LogP contribution in [0.5, 0.6) is 0 Å². The van der Waals surface area contributed by atoms with Crippen LogP contribution in [0, 0.1) is 11.8 Å². The zero-order chi connectivity index (χ0) is 8.81. The van der Waals surface area contributed by atoms with E-state index in [1.165, 1.54) is 12.8 Å². The number of rotatable bonds is 2. The summed E-state index contributed by atoms with van der Waals surface area (Å²) in [5, 5.41) is 9.01. The van der Waals surface area contributed by atoms with Gasteiger partial charge in [0.25, 0.3) is 0 Å². The first-order valence-electron chi connectivity index (χ1n) is 4.42. The van der Waals surface area contributed by atoms with E-state index in [1.807, 2.05) is 0 Å². The Bertz CT molecular complexity index is 177. The molecule has 0 aromatic rings. The van der Waals surface area contributed by atoms with E-state index in [2.05, 4.69) is 16.7 Å². The highest BCUT2D eigenvalue weighted by molar-refractivity contribution is 5.06. The highest BCUT2D eigenvalue weighted by Gasteiger charge is 2.08. The molecule has 68 valence electrons. The molecule has 0 aliphatic carbocycles. The summed E-state index contributed by atoms with van der Waals surface area (Å²) in [6.07, 6.45) is 1.91. The van der Waals surface area contributed by atoms with Gasteiger partial charge in [0.05, 0.1) is 6.54 Å². The zero-order valence-corrected chi connectivity index (χ0v) is 7.29. The molecular formula is C9H16N2O. The second-order valence-corrected chi connectivity index (χ2v) is 3.06. The molecule has 1 atom stereocenters. The molecule has 1 aliphatic heterocycles. The van der Waals surface area contributed by atoms with Gasteiger partial charge in [-0.1, -0.05) is 11.8 Å². The Morgan fingerprint density at radius 2 is 2.08 bits per heavy atom. The van der Waals surface area contributed by atoms with Crippen LogP contribution in [-0.2, 0) is 0 Å². The first-order chi connectivity index (χ1) is 5.83. The highest BCUT2D eigenvalue weighted by atomic mass is 16.3. The van der Waals surface area contributed by atoms with E-state index in [0.717, 1.165) is 19.6 Å². The monoisotopic (exact) mass is 168 g/mol. The third kappa shape index (κ3) is 3.22. The number of likely N-dealkylation sites (tertiary alicyclic amines) is 1. The maximum absolute atomic E-state index is 9.01. The predicted octanol–water partition coefficient (Wildman–Crippen LogP) is -0.595. The van der Waals surface area contributed by atoms with Crippen LogP contribution in [0.15, 0.2) is 0 Å². The lowest BCUT2D eigenvalue weighted by Crippen LogP contribution is -2.21. The van der Waals surface area contributed by atoms with Crippen molar-refractivity contribution in [3.05, 3.63) is 0 Å². The summed E-state index contributed by atoms with van der Waals surface area (Å²) in [7, 11) is 0. The van der Waals surface area contributed by atoms with Crippen molar-refractivity contribution in [1.29, 1.82) is 0 Å². The molecule has 1 unspecified atom stereocenters. The van der Waals surface area contributed by atoms with Crippen molar-refractivity contribution < 1.29 is 5.11 Å². The maximum atomic E-state index is 9.01. The topological polar surface area (TPSA) is 49.5 Å². The van der Waals surface area contributed by atoms with E-state index in [0.29, 0.717) is 0 Å². The van der Waals surface area contributed by atoms with Crippen LogP contribution in [0.2, 0.25) is 0 Å². The Labute approximate surface area is 73.5 Å². The zero-order valence-electron chi connectivity index (χ0n) is 7.29. The minimum atomic E-state index is -0.646. The van der Waals surface area contributed by atoms with Gasteiger partial charge in [-0.05, 0) is 25.9 Å². The van der Waals surface area contributed by atoms with Gasteiger partial charge in [-0.3, -0.25) is 4.90 Å². The normalized spacial score (nSPS) is 20.2. The van der Waals surface area contributed by atoms with Crippen molar-refractivity contribution >= 4 is 0 Å². The second-order valence-electron chi connectivity index (χ2n) is 3.06. The van der Waals surface area contributed by atoms with Crippen molar-refractivity contribution in [3.8, 4) is 11.8 Å². The minimum absolute atomic E-state index is 0.229. The minimum Gasteiger partial charge on any atom is -0.379 e. The summed E-state index contributed by atoms with van der Waals surface area (Å²) in [5.41, 5.74) is 5.20. The van der Waals surface area contributed by atoms with Gasteiger partial charge < -0.3 is 10.8 Å². The smallest absolute Gasteiger partial charge is 0.126 e. The molecule has 0 radical (unpaired) electrons. The van der Waals surface area contributed by atoms with Gasteiger partial charge in [-0.2, -0.15) is 0 Å². The molecule has 3 N–H and O–H groups in total. The predicted molar refractivity (Wildman–Crippen MR) is 48.5 cm³/mol. The molecule has 0 aromatic carbocycles. The average molecular weight is 168 g/mol. The van der Waals surface area contributed by atoms with Gasteiger partial charge in [0.15, 0.2) is 0 Å². The second kappa shape index (κ2) is 5.15. The van der Waals surface area contributed by atoms with Crippen molar-refractivity contribution in [3.63, 3.8) is 0 Å². The summed E-state index contributed by atoms with van der Waals surface area (Å²) in [6, 6.07) is 0. The first kappa shape index (κ1) is 9.53. The Kier molecular flexibility index (Phi) is 4.09. The van der Waals surface area contributed by atoms with Crippen LogP contribution in [-0.4, -0.2) is 42.3 Å². The Balaban J connectivity index is 2.17. The van der Waals surface area contributed by atoms with Crippen LogP contribution in [0.25, 0.3) is 0 Å². The molecular weight excluding hydrogens is 152 g/mol. The molecule has 0 aromatic heterocycles.